The van der Waals surface area contributed by atoms with Gasteiger partial charge >= 0.3 is 0 Å². The molecule has 2 aromatic carbocycles. The second kappa shape index (κ2) is 6.08. The standard InChI is InChI=1S/C14H12BrClO/c15-9-11-5-7-13(8-6-11)17-10-12-3-1-2-4-14(12)16/h1-8H,9-10H2. The van der Waals surface area contributed by atoms with Crippen LogP contribution in [0.5, 0.6) is 5.75 Å². The second-order valence-electron chi connectivity index (χ2n) is 3.66. The molecule has 0 spiro atoms. The Kier molecular flexibility index (Phi) is 4.46. The van der Waals surface area contributed by atoms with Crippen LogP contribution in [0.25, 0.3) is 0 Å². The Morgan fingerprint density at radius 3 is 2.35 bits per heavy atom. The summed E-state index contributed by atoms with van der Waals surface area (Å²) in [6, 6.07) is 15.7. The predicted octanol–water partition coefficient (Wildman–Crippen LogP) is 4.81. The van der Waals surface area contributed by atoms with Crippen LogP contribution in [0.1, 0.15) is 11.1 Å². The number of hydrogen-bond acceptors (Lipinski definition) is 1. The summed E-state index contributed by atoms with van der Waals surface area (Å²) in [6.07, 6.45) is 0. The number of alkyl halides is 1. The van der Waals surface area contributed by atoms with Crippen molar-refractivity contribution < 1.29 is 4.74 Å². The van der Waals surface area contributed by atoms with Gasteiger partial charge in [0, 0.05) is 15.9 Å². The maximum absolute atomic E-state index is 6.05. The van der Waals surface area contributed by atoms with Crippen molar-refractivity contribution in [1.29, 1.82) is 0 Å². The molecular weight excluding hydrogens is 300 g/mol. The highest BCUT2D eigenvalue weighted by Crippen LogP contribution is 2.19. The summed E-state index contributed by atoms with van der Waals surface area (Å²) < 4.78 is 5.67. The van der Waals surface area contributed by atoms with Crippen LogP contribution < -0.4 is 4.74 Å². The van der Waals surface area contributed by atoms with E-state index in [0.29, 0.717) is 6.61 Å². The summed E-state index contributed by atoms with van der Waals surface area (Å²) in [7, 11) is 0. The monoisotopic (exact) mass is 310 g/mol. The van der Waals surface area contributed by atoms with E-state index in [0.717, 1.165) is 21.7 Å². The molecule has 0 aromatic heterocycles. The molecule has 17 heavy (non-hydrogen) atoms. The second-order valence-corrected chi connectivity index (χ2v) is 4.63. The summed E-state index contributed by atoms with van der Waals surface area (Å²) >= 11 is 9.46. The lowest BCUT2D eigenvalue weighted by atomic mass is 10.2. The van der Waals surface area contributed by atoms with Gasteiger partial charge in [0.2, 0.25) is 0 Å². The van der Waals surface area contributed by atoms with E-state index in [9.17, 15) is 0 Å². The van der Waals surface area contributed by atoms with Gasteiger partial charge in [-0.25, -0.2) is 0 Å². The fourth-order valence-corrected chi connectivity index (χ4v) is 2.02. The van der Waals surface area contributed by atoms with E-state index in [1.54, 1.807) is 0 Å². The van der Waals surface area contributed by atoms with E-state index in [-0.39, 0.29) is 0 Å². The van der Waals surface area contributed by atoms with Crippen molar-refractivity contribution in [3.8, 4) is 5.75 Å². The van der Waals surface area contributed by atoms with Crippen molar-refractivity contribution in [2.75, 3.05) is 0 Å². The molecule has 0 saturated carbocycles. The molecule has 0 saturated heterocycles. The highest BCUT2D eigenvalue weighted by atomic mass is 79.9. The molecule has 0 bridgehead atoms. The van der Waals surface area contributed by atoms with Gasteiger partial charge < -0.3 is 4.74 Å². The SMILES string of the molecule is Clc1ccccc1COc1ccc(CBr)cc1. The fourth-order valence-electron chi connectivity index (χ4n) is 1.45. The number of rotatable bonds is 4. The predicted molar refractivity (Wildman–Crippen MR) is 74.9 cm³/mol. The molecule has 0 fully saturated rings. The van der Waals surface area contributed by atoms with Crippen molar-refractivity contribution in [2.45, 2.75) is 11.9 Å². The maximum Gasteiger partial charge on any atom is 0.119 e. The third-order valence-corrected chi connectivity index (χ3v) is 3.45. The Morgan fingerprint density at radius 2 is 1.71 bits per heavy atom. The summed E-state index contributed by atoms with van der Waals surface area (Å²) in [4.78, 5) is 0. The Labute approximate surface area is 115 Å². The van der Waals surface area contributed by atoms with Crippen molar-refractivity contribution in [1.82, 2.24) is 0 Å². The zero-order chi connectivity index (χ0) is 12.1. The topological polar surface area (TPSA) is 9.23 Å². The summed E-state index contributed by atoms with van der Waals surface area (Å²) in [6.45, 7) is 0.493. The number of halogens is 2. The van der Waals surface area contributed by atoms with Gasteiger partial charge in [-0.05, 0) is 23.8 Å². The Balaban J connectivity index is 2.00. The van der Waals surface area contributed by atoms with E-state index in [2.05, 4.69) is 15.9 Å². The quantitative estimate of drug-likeness (QED) is 0.736. The summed E-state index contributed by atoms with van der Waals surface area (Å²) in [5, 5.41) is 1.60. The van der Waals surface area contributed by atoms with Gasteiger partial charge in [0.15, 0.2) is 0 Å². The van der Waals surface area contributed by atoms with Crippen LogP contribution in [0.15, 0.2) is 48.5 Å². The molecule has 0 heterocycles. The van der Waals surface area contributed by atoms with Crippen LogP contribution in [0.3, 0.4) is 0 Å². The largest absolute Gasteiger partial charge is 0.489 e. The van der Waals surface area contributed by atoms with Crippen LogP contribution in [0.4, 0.5) is 0 Å². The molecular formula is C14H12BrClO. The van der Waals surface area contributed by atoms with E-state index < -0.39 is 0 Å². The Morgan fingerprint density at radius 1 is 1.00 bits per heavy atom. The van der Waals surface area contributed by atoms with Gasteiger partial charge in [0.05, 0.1) is 0 Å². The van der Waals surface area contributed by atoms with Gasteiger partial charge in [-0.15, -0.1) is 0 Å². The van der Waals surface area contributed by atoms with Crippen LogP contribution in [0.2, 0.25) is 5.02 Å². The number of hydrogen-bond donors (Lipinski definition) is 0. The molecule has 0 unspecified atom stereocenters. The number of benzene rings is 2. The van der Waals surface area contributed by atoms with Crippen molar-refractivity contribution in [3.05, 3.63) is 64.7 Å². The van der Waals surface area contributed by atoms with Gasteiger partial charge in [0.1, 0.15) is 12.4 Å². The normalized spacial score (nSPS) is 10.2. The van der Waals surface area contributed by atoms with Gasteiger partial charge in [-0.3, -0.25) is 0 Å². The summed E-state index contributed by atoms with van der Waals surface area (Å²) in [5.74, 6) is 0.856. The number of ether oxygens (including phenoxy) is 1. The van der Waals surface area contributed by atoms with Crippen molar-refractivity contribution in [3.63, 3.8) is 0 Å². The first-order valence-corrected chi connectivity index (χ1v) is 6.80. The van der Waals surface area contributed by atoms with E-state index in [4.69, 9.17) is 16.3 Å². The minimum absolute atomic E-state index is 0.493. The first kappa shape index (κ1) is 12.5. The fraction of sp³-hybridized carbons (Fsp3) is 0.143. The van der Waals surface area contributed by atoms with Gasteiger partial charge in [-0.1, -0.05) is 57.9 Å². The molecule has 3 heteroatoms. The van der Waals surface area contributed by atoms with Gasteiger partial charge in [-0.2, -0.15) is 0 Å². The third kappa shape index (κ3) is 3.48. The molecule has 0 aliphatic rings. The molecule has 0 aliphatic carbocycles. The highest BCUT2D eigenvalue weighted by Gasteiger charge is 2.00. The lowest BCUT2D eigenvalue weighted by Crippen LogP contribution is -1.96. The lowest BCUT2D eigenvalue weighted by molar-refractivity contribution is 0.306. The van der Waals surface area contributed by atoms with Crippen LogP contribution in [-0.2, 0) is 11.9 Å². The molecule has 0 amide bonds. The minimum atomic E-state index is 0.493. The van der Waals surface area contributed by atoms with Crippen molar-refractivity contribution >= 4 is 27.5 Å². The average Bonchev–Trinajstić information content (AvgIpc) is 2.38. The third-order valence-electron chi connectivity index (χ3n) is 2.43. The summed E-state index contributed by atoms with van der Waals surface area (Å²) in [5.41, 5.74) is 2.23. The zero-order valence-corrected chi connectivity index (χ0v) is 11.5. The van der Waals surface area contributed by atoms with Crippen LogP contribution >= 0.6 is 27.5 Å². The minimum Gasteiger partial charge on any atom is -0.489 e. The molecule has 0 N–H and O–H groups in total. The molecule has 2 aromatic rings. The smallest absolute Gasteiger partial charge is 0.119 e. The first-order chi connectivity index (χ1) is 8.29. The van der Waals surface area contributed by atoms with Crippen LogP contribution in [-0.4, -0.2) is 0 Å². The lowest BCUT2D eigenvalue weighted by Gasteiger charge is -2.08. The van der Waals surface area contributed by atoms with Crippen LogP contribution in [0, 0.1) is 0 Å². The molecule has 88 valence electrons. The Hall–Kier alpha value is -0.990. The van der Waals surface area contributed by atoms with Crippen molar-refractivity contribution in [2.24, 2.45) is 0 Å². The molecule has 0 atom stereocenters. The van der Waals surface area contributed by atoms with E-state index >= 15 is 0 Å². The van der Waals surface area contributed by atoms with Gasteiger partial charge in [0.25, 0.3) is 0 Å². The first-order valence-electron chi connectivity index (χ1n) is 5.30. The molecule has 2 rings (SSSR count). The highest BCUT2D eigenvalue weighted by molar-refractivity contribution is 9.08. The zero-order valence-electron chi connectivity index (χ0n) is 9.20. The molecule has 0 radical (unpaired) electrons. The molecule has 1 nitrogen and oxygen atoms in total. The average molecular weight is 312 g/mol. The van der Waals surface area contributed by atoms with E-state index in [1.165, 1.54) is 5.56 Å². The molecule has 0 aliphatic heterocycles. The Bertz CT molecular complexity index is 482. The van der Waals surface area contributed by atoms with E-state index in [1.807, 2.05) is 48.5 Å². The maximum atomic E-state index is 6.05.